The summed E-state index contributed by atoms with van der Waals surface area (Å²) < 4.78 is 23.6. The van der Waals surface area contributed by atoms with Crippen LogP contribution >= 0.6 is 7.82 Å². The molecule has 0 aliphatic heterocycles. The number of unbranched alkanes of at least 4 members (excludes halogenated alkanes) is 25. The van der Waals surface area contributed by atoms with Gasteiger partial charge in [-0.1, -0.05) is 222 Å². The van der Waals surface area contributed by atoms with Gasteiger partial charge in [-0.15, -0.1) is 0 Å². The molecule has 0 bridgehead atoms. The maximum atomic E-state index is 12.9. The van der Waals surface area contributed by atoms with Gasteiger partial charge in [-0.2, -0.15) is 0 Å². The Kier molecular flexibility index (Phi) is 45.5. The average Bonchev–Trinajstić information content (AvgIpc) is 3.26. The maximum absolute atomic E-state index is 12.9. The maximum Gasteiger partial charge on any atom is 0.472 e. The van der Waals surface area contributed by atoms with E-state index in [0.29, 0.717) is 17.4 Å². The third-order valence-electron chi connectivity index (χ3n) is 11.7. The van der Waals surface area contributed by atoms with Crippen molar-refractivity contribution < 1.29 is 32.9 Å². The second-order valence-electron chi connectivity index (χ2n) is 19.2. The van der Waals surface area contributed by atoms with Crippen LogP contribution in [0.3, 0.4) is 0 Å². The average molecular weight is 932 g/mol. The summed E-state index contributed by atoms with van der Waals surface area (Å²) >= 11 is 0. The molecule has 0 rings (SSSR count). The van der Waals surface area contributed by atoms with E-state index >= 15 is 0 Å². The Balaban J connectivity index is 4.08. The van der Waals surface area contributed by atoms with E-state index in [0.717, 1.165) is 64.2 Å². The van der Waals surface area contributed by atoms with Crippen LogP contribution in [0, 0.1) is 0 Å². The number of nitrogens with zero attached hydrogens (tertiary/aromatic N) is 1. The molecule has 0 fully saturated rings. The minimum absolute atomic E-state index is 0.0548. The number of rotatable bonds is 48. The number of phosphoric acid groups is 1. The summed E-state index contributed by atoms with van der Waals surface area (Å²) in [6.07, 6.45) is 64.4. The van der Waals surface area contributed by atoms with Crippen molar-refractivity contribution in [2.45, 2.75) is 238 Å². The van der Waals surface area contributed by atoms with Gasteiger partial charge in [0.25, 0.3) is 0 Å². The van der Waals surface area contributed by atoms with Gasteiger partial charge in [-0.3, -0.25) is 13.8 Å². The van der Waals surface area contributed by atoms with Crippen LogP contribution < -0.4 is 5.32 Å². The Hall–Kier alpha value is -2.06. The Bertz CT molecular complexity index is 1290. The van der Waals surface area contributed by atoms with Crippen molar-refractivity contribution >= 4 is 13.7 Å². The Morgan fingerprint density at radius 3 is 1.42 bits per heavy atom. The largest absolute Gasteiger partial charge is 0.472 e. The fourth-order valence-corrected chi connectivity index (χ4v) is 8.20. The lowest BCUT2D eigenvalue weighted by molar-refractivity contribution is -0.870. The van der Waals surface area contributed by atoms with Crippen LogP contribution in [0.25, 0.3) is 0 Å². The number of amides is 1. The molecule has 0 heterocycles. The topological polar surface area (TPSA) is 105 Å². The van der Waals surface area contributed by atoms with E-state index in [1.807, 2.05) is 27.2 Å². The molecule has 378 valence electrons. The number of quaternary nitrogens is 1. The highest BCUT2D eigenvalue weighted by molar-refractivity contribution is 7.47. The smallest absolute Gasteiger partial charge is 0.387 e. The summed E-state index contributed by atoms with van der Waals surface area (Å²) in [5, 5.41) is 13.8. The van der Waals surface area contributed by atoms with Gasteiger partial charge in [0.15, 0.2) is 0 Å². The highest BCUT2D eigenvalue weighted by atomic mass is 31.2. The second kappa shape index (κ2) is 47.0. The van der Waals surface area contributed by atoms with E-state index in [1.54, 1.807) is 6.08 Å². The molecule has 65 heavy (non-hydrogen) atoms. The van der Waals surface area contributed by atoms with Crippen molar-refractivity contribution in [2.75, 3.05) is 40.9 Å². The first-order valence-corrected chi connectivity index (χ1v) is 28.3. The van der Waals surface area contributed by atoms with Gasteiger partial charge >= 0.3 is 7.82 Å². The van der Waals surface area contributed by atoms with Crippen molar-refractivity contribution in [3.63, 3.8) is 0 Å². The van der Waals surface area contributed by atoms with Crippen LogP contribution in [-0.4, -0.2) is 73.4 Å². The monoisotopic (exact) mass is 932 g/mol. The van der Waals surface area contributed by atoms with E-state index in [4.69, 9.17) is 9.05 Å². The quantitative estimate of drug-likeness (QED) is 0.0243. The fourth-order valence-electron chi connectivity index (χ4n) is 7.46. The van der Waals surface area contributed by atoms with Crippen LogP contribution in [-0.2, 0) is 18.4 Å². The fraction of sp³-hybridized carbons (Fsp3) is 0.768. The molecule has 0 aromatic carbocycles. The van der Waals surface area contributed by atoms with Crippen molar-refractivity contribution in [1.82, 2.24) is 5.32 Å². The molecule has 0 spiro atoms. The molecule has 0 aliphatic rings. The molecule has 3 N–H and O–H groups in total. The first-order chi connectivity index (χ1) is 31.5. The lowest BCUT2D eigenvalue weighted by Crippen LogP contribution is -2.45. The molecule has 8 nitrogen and oxygen atoms in total. The molecule has 3 atom stereocenters. The van der Waals surface area contributed by atoms with Crippen LogP contribution in [0.4, 0.5) is 0 Å². The molecule has 0 saturated heterocycles. The molecular weight excluding hydrogens is 828 g/mol. The van der Waals surface area contributed by atoms with Crippen molar-refractivity contribution in [1.29, 1.82) is 0 Å². The number of nitrogens with one attached hydrogen (secondary N) is 1. The van der Waals surface area contributed by atoms with Gasteiger partial charge in [0.2, 0.25) is 5.91 Å². The van der Waals surface area contributed by atoms with E-state index < -0.39 is 20.0 Å². The van der Waals surface area contributed by atoms with E-state index in [1.165, 1.54) is 141 Å². The van der Waals surface area contributed by atoms with Gasteiger partial charge in [-0.25, -0.2) is 4.57 Å². The number of carbonyl (C=O) groups excluding carboxylic acids is 1. The van der Waals surface area contributed by atoms with E-state index in [2.05, 4.69) is 79.9 Å². The van der Waals surface area contributed by atoms with Crippen molar-refractivity contribution in [3.05, 3.63) is 72.9 Å². The van der Waals surface area contributed by atoms with Crippen LogP contribution in [0.1, 0.15) is 226 Å². The van der Waals surface area contributed by atoms with Gasteiger partial charge in [0.1, 0.15) is 13.2 Å². The molecule has 9 heteroatoms. The lowest BCUT2D eigenvalue weighted by Gasteiger charge is -2.25. The van der Waals surface area contributed by atoms with Gasteiger partial charge < -0.3 is 19.8 Å². The predicted molar refractivity (Wildman–Crippen MR) is 281 cm³/mol. The van der Waals surface area contributed by atoms with Gasteiger partial charge in [0, 0.05) is 6.42 Å². The summed E-state index contributed by atoms with van der Waals surface area (Å²) in [4.78, 5) is 23.2. The Labute approximate surface area is 402 Å². The summed E-state index contributed by atoms with van der Waals surface area (Å²) in [5.74, 6) is -0.188. The van der Waals surface area contributed by atoms with Crippen LogP contribution in [0.2, 0.25) is 0 Å². The standard InChI is InChI=1S/C56H103N2O6P/c1-6-8-10-12-14-16-18-20-21-22-23-24-25-26-27-28-29-30-31-32-33-34-35-36-37-38-40-42-44-46-48-50-56(60)57-54(53-64-65(61,62)63-52-51-58(3,4)5)55(59)49-47-45-43-41-39-19-17-15-13-11-9-7-2/h8,10,14,16,20-21,23-24,39,41,47,49,54-55,59H,6-7,9,11-13,15,17-19,22,25-38,40,42-46,48,50-53H2,1-5H3,(H-,57,60,61,62)/p+1/b10-8-,16-14-,21-20-,24-23-,41-39+,49-47+. The minimum atomic E-state index is -4.35. The van der Waals surface area contributed by atoms with E-state index in [9.17, 15) is 19.4 Å². The van der Waals surface area contributed by atoms with Crippen molar-refractivity contribution in [3.8, 4) is 0 Å². The third-order valence-corrected chi connectivity index (χ3v) is 12.6. The number of hydrogen-bond acceptors (Lipinski definition) is 5. The summed E-state index contributed by atoms with van der Waals surface area (Å²) in [6.45, 7) is 4.66. The number of aliphatic hydroxyl groups excluding tert-OH is 1. The third kappa shape index (κ3) is 49.7. The number of allylic oxidation sites excluding steroid dienone is 11. The Morgan fingerprint density at radius 1 is 0.538 bits per heavy atom. The normalized spacial score (nSPS) is 14.6. The first-order valence-electron chi connectivity index (χ1n) is 26.8. The zero-order valence-electron chi connectivity index (χ0n) is 43.0. The number of aliphatic hydroxyl groups is 1. The SMILES string of the molecule is CC/C=C\C/C=C\C/C=C\C/C=C\CCCCCCCCCCCCCCCCCCCCC(=O)NC(COP(=O)(O)OCC[N+](C)(C)C)C(O)/C=C/CC/C=C/CCCCCCCC. The van der Waals surface area contributed by atoms with Gasteiger partial charge in [-0.05, 0) is 70.6 Å². The predicted octanol–water partition coefficient (Wildman–Crippen LogP) is 15.9. The number of carbonyl (C=O) groups is 1. The molecule has 0 radical (unpaired) electrons. The minimum Gasteiger partial charge on any atom is -0.387 e. The molecule has 0 saturated carbocycles. The highest BCUT2D eigenvalue weighted by Gasteiger charge is 2.27. The van der Waals surface area contributed by atoms with Gasteiger partial charge in [0.05, 0.1) is 39.9 Å². The molecule has 3 unspecified atom stereocenters. The van der Waals surface area contributed by atoms with E-state index in [-0.39, 0.29) is 19.1 Å². The van der Waals surface area contributed by atoms with Crippen molar-refractivity contribution in [2.24, 2.45) is 0 Å². The second-order valence-corrected chi connectivity index (χ2v) is 20.7. The zero-order valence-corrected chi connectivity index (χ0v) is 43.9. The molecule has 0 aromatic rings. The number of likely N-dealkylation sites (N-methyl/N-ethyl adjacent to an activating group) is 1. The number of phosphoric ester groups is 1. The molecule has 1 amide bonds. The number of hydrogen-bond donors (Lipinski definition) is 3. The molecule has 0 aromatic heterocycles. The lowest BCUT2D eigenvalue weighted by atomic mass is 10.0. The first kappa shape index (κ1) is 62.9. The Morgan fingerprint density at radius 2 is 0.938 bits per heavy atom. The highest BCUT2D eigenvalue weighted by Crippen LogP contribution is 2.43. The summed E-state index contributed by atoms with van der Waals surface area (Å²) in [5.41, 5.74) is 0. The molecular formula is C56H104N2O6P+. The zero-order chi connectivity index (χ0) is 47.8. The molecule has 0 aliphatic carbocycles. The van der Waals surface area contributed by atoms with Crippen LogP contribution in [0.15, 0.2) is 72.9 Å². The summed E-state index contributed by atoms with van der Waals surface area (Å²) in [6, 6.07) is -0.863. The summed E-state index contributed by atoms with van der Waals surface area (Å²) in [7, 11) is 1.55. The van der Waals surface area contributed by atoms with Crippen LogP contribution in [0.5, 0.6) is 0 Å².